The highest BCUT2D eigenvalue weighted by Gasteiger charge is 2.58. The Morgan fingerprint density at radius 2 is 1.14 bits per heavy atom. The normalized spacial score (nSPS) is 28.5. The van der Waals surface area contributed by atoms with Gasteiger partial charge in [-0.25, -0.2) is 0 Å². The van der Waals surface area contributed by atoms with Crippen LogP contribution < -0.4 is 5.32 Å². The number of nitrogens with one attached hydrogen (secondary N) is 1. The van der Waals surface area contributed by atoms with Gasteiger partial charge in [0.05, 0.1) is 39.6 Å². The predicted molar refractivity (Wildman–Crippen MR) is 187 cm³/mol. The second kappa shape index (κ2) is 17.5. The molecule has 3 fully saturated rings. The quantitative estimate of drug-likeness (QED) is 0.156. The first-order valence-corrected chi connectivity index (χ1v) is 17.5. The summed E-state index contributed by atoms with van der Waals surface area (Å²) in [5.41, 5.74) is 4.07. The second-order valence-electron chi connectivity index (χ2n) is 13.0. The van der Waals surface area contributed by atoms with Crippen molar-refractivity contribution in [2.24, 2.45) is 0 Å². The first kappa shape index (κ1) is 35.4. The summed E-state index contributed by atoms with van der Waals surface area (Å²) < 4.78 is 51.2. The van der Waals surface area contributed by atoms with E-state index >= 15 is 0 Å². The van der Waals surface area contributed by atoms with Gasteiger partial charge in [-0.05, 0) is 22.3 Å². The molecule has 0 aromatic heterocycles. The van der Waals surface area contributed by atoms with E-state index in [1.165, 1.54) is 6.92 Å². The fourth-order valence-corrected chi connectivity index (χ4v) is 6.56. The first-order valence-electron chi connectivity index (χ1n) is 17.5. The molecule has 0 bridgehead atoms. The minimum Gasteiger partial charge on any atom is -0.374 e. The number of epoxide rings is 1. The van der Waals surface area contributed by atoms with Crippen LogP contribution >= 0.6 is 0 Å². The third-order valence-corrected chi connectivity index (χ3v) is 9.17. The molecule has 7 rings (SSSR count). The highest BCUT2D eigenvalue weighted by Crippen LogP contribution is 2.39. The third kappa shape index (κ3) is 9.68. The van der Waals surface area contributed by atoms with Crippen LogP contribution in [-0.2, 0) is 69.1 Å². The van der Waals surface area contributed by atoms with Crippen LogP contribution in [0, 0.1) is 0 Å². The van der Waals surface area contributed by atoms with E-state index in [2.05, 4.69) is 5.32 Å². The number of carbonyl (C=O) groups is 1. The smallest absolute Gasteiger partial charge is 0.217 e. The molecule has 4 aromatic carbocycles. The molecule has 10 heteroatoms. The standard InChI is InChI=1S/C41H45NO9/c1-28(43)42-35-38(46-24-31-18-10-4-11-19-31)36(45-23-30-16-8-3-9-17-30)33(26-44-22-29-14-6-2-7-15-29)49-40(35)50-34-27-48-41(39-37(34)51-39)47-25-32-20-12-5-13-21-32/h2-21,33-41H,22-27H2,1H3,(H,42,43)/t33-,34-,35-,36-,37-,38-,39-,40+,41-/m1/s1. The molecule has 0 radical (unpaired) electrons. The summed E-state index contributed by atoms with van der Waals surface area (Å²) in [7, 11) is 0. The van der Waals surface area contributed by atoms with Crippen molar-refractivity contribution in [2.45, 2.75) is 88.6 Å². The van der Waals surface area contributed by atoms with Crippen LogP contribution in [0.15, 0.2) is 121 Å². The zero-order chi connectivity index (χ0) is 34.8. The number of rotatable bonds is 16. The third-order valence-electron chi connectivity index (χ3n) is 9.17. The maximum Gasteiger partial charge on any atom is 0.217 e. The lowest BCUT2D eigenvalue weighted by molar-refractivity contribution is -0.308. The van der Waals surface area contributed by atoms with E-state index in [1.54, 1.807) is 0 Å². The van der Waals surface area contributed by atoms with E-state index in [9.17, 15) is 4.79 Å². The van der Waals surface area contributed by atoms with Crippen molar-refractivity contribution in [3.05, 3.63) is 144 Å². The fourth-order valence-electron chi connectivity index (χ4n) is 6.56. The molecule has 268 valence electrons. The lowest BCUT2D eigenvalue weighted by Crippen LogP contribution is -2.66. The summed E-state index contributed by atoms with van der Waals surface area (Å²) in [5.74, 6) is -0.249. The minimum atomic E-state index is -0.920. The van der Waals surface area contributed by atoms with Crippen LogP contribution in [0.25, 0.3) is 0 Å². The lowest BCUT2D eigenvalue weighted by atomic mass is 9.95. The van der Waals surface area contributed by atoms with Gasteiger partial charge in [0.15, 0.2) is 12.6 Å². The molecule has 3 aliphatic rings. The number of carbonyl (C=O) groups excluding carboxylic acids is 1. The summed E-state index contributed by atoms with van der Waals surface area (Å²) in [6, 6.07) is 39.0. The van der Waals surface area contributed by atoms with Gasteiger partial charge < -0.3 is 43.2 Å². The predicted octanol–water partition coefficient (Wildman–Crippen LogP) is 5.33. The zero-order valence-corrected chi connectivity index (χ0v) is 28.7. The van der Waals surface area contributed by atoms with Gasteiger partial charge in [0, 0.05) is 6.92 Å². The Bertz CT molecular complexity index is 1630. The average Bonchev–Trinajstić information content (AvgIpc) is 3.98. The maximum absolute atomic E-state index is 12.8. The lowest BCUT2D eigenvalue weighted by Gasteiger charge is -2.47. The molecular formula is C41H45NO9. The van der Waals surface area contributed by atoms with Crippen molar-refractivity contribution in [3.8, 4) is 0 Å². The molecule has 0 aliphatic carbocycles. The van der Waals surface area contributed by atoms with Crippen molar-refractivity contribution >= 4 is 5.91 Å². The van der Waals surface area contributed by atoms with Crippen molar-refractivity contribution in [1.29, 1.82) is 0 Å². The van der Waals surface area contributed by atoms with E-state index < -0.39 is 43.0 Å². The molecule has 3 saturated heterocycles. The van der Waals surface area contributed by atoms with Crippen LogP contribution in [0.1, 0.15) is 29.2 Å². The molecule has 1 amide bonds. The topological polar surface area (TPSA) is 106 Å². The molecule has 3 aliphatic heterocycles. The Balaban J connectivity index is 1.10. The number of ether oxygens (including phenoxy) is 8. The SMILES string of the molecule is CC(=O)N[C@H]1[C@H](O[C@@H]2CO[C@@H](OCc3ccccc3)[C@@H]3O[C@@H]32)O[C@H](COCc2ccccc2)[C@@H](OCc2ccccc2)[C@@H]1OCc1ccccc1. The van der Waals surface area contributed by atoms with Crippen LogP contribution in [0.3, 0.4) is 0 Å². The van der Waals surface area contributed by atoms with Gasteiger partial charge in [0.25, 0.3) is 0 Å². The van der Waals surface area contributed by atoms with Gasteiger partial charge >= 0.3 is 0 Å². The number of benzene rings is 4. The van der Waals surface area contributed by atoms with Crippen molar-refractivity contribution in [3.63, 3.8) is 0 Å². The molecular weight excluding hydrogens is 650 g/mol. The Labute approximate surface area is 298 Å². The molecule has 3 heterocycles. The molecule has 10 nitrogen and oxygen atoms in total. The molecule has 4 aromatic rings. The van der Waals surface area contributed by atoms with Gasteiger partial charge in [0.1, 0.15) is 42.7 Å². The van der Waals surface area contributed by atoms with Crippen molar-refractivity contribution in [2.75, 3.05) is 13.2 Å². The highest BCUT2D eigenvalue weighted by molar-refractivity contribution is 5.73. The fraction of sp³-hybridized carbons (Fsp3) is 0.390. The van der Waals surface area contributed by atoms with Crippen LogP contribution in [0.4, 0.5) is 0 Å². The molecule has 1 N–H and O–H groups in total. The summed E-state index contributed by atoms with van der Waals surface area (Å²) in [6.45, 7) is 3.30. The maximum atomic E-state index is 12.8. The average molecular weight is 696 g/mol. The van der Waals surface area contributed by atoms with Crippen LogP contribution in [0.5, 0.6) is 0 Å². The highest BCUT2D eigenvalue weighted by atomic mass is 16.8. The van der Waals surface area contributed by atoms with Crippen molar-refractivity contribution < 1.29 is 42.7 Å². The Morgan fingerprint density at radius 3 is 1.69 bits per heavy atom. The molecule has 9 atom stereocenters. The number of fused-ring (bicyclic) bond motifs is 1. The number of hydrogen-bond donors (Lipinski definition) is 1. The van der Waals surface area contributed by atoms with Gasteiger partial charge in [-0.3, -0.25) is 4.79 Å². The molecule has 0 spiro atoms. The molecule has 0 unspecified atom stereocenters. The van der Waals surface area contributed by atoms with Crippen LogP contribution in [0.2, 0.25) is 0 Å². The summed E-state index contributed by atoms with van der Waals surface area (Å²) in [6.07, 6.45) is -4.29. The second-order valence-corrected chi connectivity index (χ2v) is 13.0. The van der Waals surface area contributed by atoms with E-state index in [0.29, 0.717) is 19.8 Å². The monoisotopic (exact) mass is 695 g/mol. The summed E-state index contributed by atoms with van der Waals surface area (Å²) >= 11 is 0. The van der Waals surface area contributed by atoms with Gasteiger partial charge in [-0.15, -0.1) is 0 Å². The summed E-state index contributed by atoms with van der Waals surface area (Å²) in [5, 5.41) is 3.07. The van der Waals surface area contributed by atoms with E-state index in [1.807, 2.05) is 121 Å². The van der Waals surface area contributed by atoms with E-state index in [-0.39, 0.29) is 37.9 Å². The number of amides is 1. The van der Waals surface area contributed by atoms with Crippen molar-refractivity contribution in [1.82, 2.24) is 5.32 Å². The van der Waals surface area contributed by atoms with E-state index in [4.69, 9.17) is 37.9 Å². The Kier molecular flexibility index (Phi) is 12.2. The van der Waals surface area contributed by atoms with E-state index in [0.717, 1.165) is 22.3 Å². The number of hydrogen-bond acceptors (Lipinski definition) is 9. The van der Waals surface area contributed by atoms with Gasteiger partial charge in [-0.1, -0.05) is 121 Å². The zero-order valence-electron chi connectivity index (χ0n) is 28.7. The first-order chi connectivity index (χ1) is 25.1. The van der Waals surface area contributed by atoms with Gasteiger partial charge in [-0.2, -0.15) is 0 Å². The molecule has 0 saturated carbocycles. The minimum absolute atomic E-state index is 0.200. The Morgan fingerprint density at radius 1 is 0.627 bits per heavy atom. The largest absolute Gasteiger partial charge is 0.374 e. The Hall–Kier alpha value is -3.97. The van der Waals surface area contributed by atoms with Gasteiger partial charge in [0.2, 0.25) is 5.91 Å². The molecule has 51 heavy (non-hydrogen) atoms. The summed E-state index contributed by atoms with van der Waals surface area (Å²) in [4.78, 5) is 12.8. The van der Waals surface area contributed by atoms with Crippen LogP contribution in [-0.4, -0.2) is 74.4 Å².